The van der Waals surface area contributed by atoms with Crippen molar-refractivity contribution in [2.24, 2.45) is 0 Å². The van der Waals surface area contributed by atoms with E-state index in [4.69, 9.17) is 0 Å². The van der Waals surface area contributed by atoms with Crippen molar-refractivity contribution < 1.29 is 0 Å². The first kappa shape index (κ1) is 9.40. The first-order valence-electron chi connectivity index (χ1n) is 4.21. The second-order valence-electron chi connectivity index (χ2n) is 3.20. The minimum atomic E-state index is 0. The fourth-order valence-corrected chi connectivity index (χ4v) is 1.67. The number of nitrogens with one attached hydrogen (secondary N) is 1. The third-order valence-corrected chi connectivity index (χ3v) is 2.38. The van der Waals surface area contributed by atoms with Crippen LogP contribution >= 0.6 is 12.4 Å². The van der Waals surface area contributed by atoms with E-state index in [1.807, 2.05) is 0 Å². The SMILES string of the molecule is CC1CCNc2ccccc21.Cl. The van der Waals surface area contributed by atoms with Crippen molar-refractivity contribution in [3.05, 3.63) is 29.8 Å². The van der Waals surface area contributed by atoms with E-state index in [1.54, 1.807) is 0 Å². The predicted octanol–water partition coefficient (Wildman–Crippen LogP) is 3.03. The van der Waals surface area contributed by atoms with Crippen LogP contribution in [-0.2, 0) is 0 Å². The van der Waals surface area contributed by atoms with Crippen LogP contribution in [0.2, 0.25) is 0 Å². The lowest BCUT2D eigenvalue weighted by atomic mass is 9.93. The van der Waals surface area contributed by atoms with Gasteiger partial charge >= 0.3 is 0 Å². The second kappa shape index (κ2) is 3.81. The third-order valence-electron chi connectivity index (χ3n) is 2.38. The Hall–Kier alpha value is -0.690. The van der Waals surface area contributed by atoms with Crippen LogP contribution in [0, 0.1) is 0 Å². The van der Waals surface area contributed by atoms with Gasteiger partial charge in [-0.15, -0.1) is 12.4 Å². The number of halogens is 1. The van der Waals surface area contributed by atoms with E-state index in [9.17, 15) is 0 Å². The van der Waals surface area contributed by atoms with Crippen molar-refractivity contribution in [3.8, 4) is 0 Å². The molecule has 1 unspecified atom stereocenters. The molecule has 1 atom stereocenters. The lowest BCUT2D eigenvalue weighted by Gasteiger charge is -2.23. The van der Waals surface area contributed by atoms with Gasteiger partial charge < -0.3 is 5.32 Å². The van der Waals surface area contributed by atoms with Gasteiger partial charge in [0.05, 0.1) is 0 Å². The first-order chi connectivity index (χ1) is 5.38. The van der Waals surface area contributed by atoms with E-state index in [1.165, 1.54) is 17.7 Å². The fraction of sp³-hybridized carbons (Fsp3) is 0.400. The summed E-state index contributed by atoms with van der Waals surface area (Å²) in [6.45, 7) is 3.41. The molecule has 1 aromatic rings. The molecule has 1 aromatic carbocycles. The average molecular weight is 184 g/mol. The largest absolute Gasteiger partial charge is 0.385 e. The highest BCUT2D eigenvalue weighted by molar-refractivity contribution is 5.85. The quantitative estimate of drug-likeness (QED) is 0.652. The van der Waals surface area contributed by atoms with Crippen LogP contribution in [0.5, 0.6) is 0 Å². The van der Waals surface area contributed by atoms with Crippen LogP contribution in [0.4, 0.5) is 5.69 Å². The average Bonchev–Trinajstić information content (AvgIpc) is 2.06. The second-order valence-corrected chi connectivity index (χ2v) is 3.20. The van der Waals surface area contributed by atoms with Gasteiger partial charge in [-0.3, -0.25) is 0 Å². The molecule has 0 spiro atoms. The van der Waals surface area contributed by atoms with Crippen LogP contribution < -0.4 is 5.32 Å². The molecule has 1 nitrogen and oxygen atoms in total. The summed E-state index contributed by atoms with van der Waals surface area (Å²) >= 11 is 0. The molecule has 2 rings (SSSR count). The molecule has 1 aliphatic rings. The number of anilines is 1. The van der Waals surface area contributed by atoms with E-state index in [-0.39, 0.29) is 12.4 Å². The molecule has 1 N–H and O–H groups in total. The molecule has 0 amide bonds. The van der Waals surface area contributed by atoms with Gasteiger partial charge in [0.1, 0.15) is 0 Å². The highest BCUT2D eigenvalue weighted by Crippen LogP contribution is 2.30. The van der Waals surface area contributed by atoms with E-state index >= 15 is 0 Å². The molecule has 12 heavy (non-hydrogen) atoms. The molecule has 0 aliphatic carbocycles. The maximum Gasteiger partial charge on any atom is 0.0375 e. The summed E-state index contributed by atoms with van der Waals surface area (Å²) in [5.41, 5.74) is 2.80. The monoisotopic (exact) mass is 183 g/mol. The number of fused-ring (bicyclic) bond motifs is 1. The van der Waals surface area contributed by atoms with Crippen LogP contribution in [0.3, 0.4) is 0 Å². The topological polar surface area (TPSA) is 12.0 Å². The fourth-order valence-electron chi connectivity index (χ4n) is 1.67. The summed E-state index contributed by atoms with van der Waals surface area (Å²) in [6.07, 6.45) is 1.26. The third kappa shape index (κ3) is 1.56. The van der Waals surface area contributed by atoms with Gasteiger partial charge in [-0.25, -0.2) is 0 Å². The van der Waals surface area contributed by atoms with Crippen molar-refractivity contribution in [1.29, 1.82) is 0 Å². The van der Waals surface area contributed by atoms with E-state index in [2.05, 4.69) is 36.5 Å². The summed E-state index contributed by atoms with van der Waals surface area (Å²) in [4.78, 5) is 0. The lowest BCUT2D eigenvalue weighted by molar-refractivity contribution is 0.684. The van der Waals surface area contributed by atoms with Gasteiger partial charge in [0, 0.05) is 12.2 Å². The zero-order valence-electron chi connectivity index (χ0n) is 7.21. The van der Waals surface area contributed by atoms with Gasteiger partial charge in [0.15, 0.2) is 0 Å². The first-order valence-corrected chi connectivity index (χ1v) is 4.21. The summed E-state index contributed by atoms with van der Waals surface area (Å²) in [7, 11) is 0. The molecular formula is C10H14ClN. The maximum atomic E-state index is 3.39. The van der Waals surface area contributed by atoms with E-state index < -0.39 is 0 Å². The van der Waals surface area contributed by atoms with Gasteiger partial charge in [-0.2, -0.15) is 0 Å². The minimum Gasteiger partial charge on any atom is -0.385 e. The molecule has 0 saturated heterocycles. The zero-order chi connectivity index (χ0) is 7.68. The van der Waals surface area contributed by atoms with Gasteiger partial charge in [-0.1, -0.05) is 25.1 Å². The molecule has 0 radical (unpaired) electrons. The Morgan fingerprint density at radius 2 is 2.08 bits per heavy atom. The van der Waals surface area contributed by atoms with Crippen molar-refractivity contribution in [2.75, 3.05) is 11.9 Å². The molecule has 0 bridgehead atoms. The van der Waals surface area contributed by atoms with Crippen molar-refractivity contribution in [2.45, 2.75) is 19.3 Å². The standard InChI is InChI=1S/C10H13N.ClH/c1-8-6-7-11-10-5-3-2-4-9(8)10;/h2-5,8,11H,6-7H2,1H3;1H. The van der Waals surface area contributed by atoms with Crippen LogP contribution in [-0.4, -0.2) is 6.54 Å². The normalized spacial score (nSPS) is 20.2. The van der Waals surface area contributed by atoms with E-state index in [0.29, 0.717) is 0 Å². The summed E-state index contributed by atoms with van der Waals surface area (Å²) < 4.78 is 0. The summed E-state index contributed by atoms with van der Waals surface area (Å²) in [5.74, 6) is 0.729. The van der Waals surface area contributed by atoms with Gasteiger partial charge in [0.2, 0.25) is 0 Å². The van der Waals surface area contributed by atoms with E-state index in [0.717, 1.165) is 12.5 Å². The Bertz CT molecular complexity index is 260. The molecular weight excluding hydrogens is 170 g/mol. The number of hydrogen-bond donors (Lipinski definition) is 1. The number of hydrogen-bond acceptors (Lipinski definition) is 1. The Kier molecular flexibility index (Phi) is 2.99. The highest BCUT2D eigenvalue weighted by Gasteiger charge is 2.13. The van der Waals surface area contributed by atoms with Crippen molar-refractivity contribution >= 4 is 18.1 Å². The van der Waals surface area contributed by atoms with Crippen LogP contribution in [0.25, 0.3) is 0 Å². The minimum absolute atomic E-state index is 0. The van der Waals surface area contributed by atoms with Gasteiger partial charge in [0.25, 0.3) is 0 Å². The number of benzene rings is 1. The Balaban J connectivity index is 0.000000720. The molecule has 0 saturated carbocycles. The predicted molar refractivity (Wildman–Crippen MR) is 55.2 cm³/mol. The highest BCUT2D eigenvalue weighted by atomic mass is 35.5. The summed E-state index contributed by atoms with van der Waals surface area (Å²) in [6, 6.07) is 8.57. The molecule has 1 heterocycles. The Morgan fingerprint density at radius 1 is 1.33 bits per heavy atom. The molecule has 0 fully saturated rings. The molecule has 1 aliphatic heterocycles. The Morgan fingerprint density at radius 3 is 2.83 bits per heavy atom. The zero-order valence-corrected chi connectivity index (χ0v) is 8.03. The Labute approximate surface area is 79.6 Å². The number of para-hydroxylation sites is 1. The molecule has 66 valence electrons. The smallest absolute Gasteiger partial charge is 0.0375 e. The van der Waals surface area contributed by atoms with Crippen molar-refractivity contribution in [3.63, 3.8) is 0 Å². The molecule has 2 heteroatoms. The maximum absolute atomic E-state index is 3.39. The summed E-state index contributed by atoms with van der Waals surface area (Å²) in [5, 5.41) is 3.39. The van der Waals surface area contributed by atoms with Gasteiger partial charge in [-0.05, 0) is 24.0 Å². The van der Waals surface area contributed by atoms with Crippen LogP contribution in [0.15, 0.2) is 24.3 Å². The van der Waals surface area contributed by atoms with Crippen molar-refractivity contribution in [1.82, 2.24) is 0 Å². The lowest BCUT2D eigenvalue weighted by Crippen LogP contribution is -2.14. The number of rotatable bonds is 0. The molecule has 0 aromatic heterocycles. The van der Waals surface area contributed by atoms with Crippen LogP contribution in [0.1, 0.15) is 24.8 Å².